The molecule has 2 aromatic rings. The van der Waals surface area contributed by atoms with E-state index >= 15 is 0 Å². The highest BCUT2D eigenvalue weighted by atomic mass is 35.5. The van der Waals surface area contributed by atoms with E-state index in [4.69, 9.17) is 23.2 Å². The zero-order valence-electron chi connectivity index (χ0n) is 12.3. The molecule has 0 aliphatic heterocycles. The average molecular weight is 324 g/mol. The Kier molecular flexibility index (Phi) is 5.02. The first kappa shape index (κ1) is 16.0. The van der Waals surface area contributed by atoms with Gasteiger partial charge < -0.3 is 10.4 Å². The molecule has 21 heavy (non-hydrogen) atoms. The summed E-state index contributed by atoms with van der Waals surface area (Å²) >= 11 is 11.9. The number of phenolic OH excluding ortho intramolecular Hbond substituents is 1. The van der Waals surface area contributed by atoms with Crippen molar-refractivity contribution in [2.24, 2.45) is 0 Å². The van der Waals surface area contributed by atoms with Crippen molar-refractivity contribution < 1.29 is 5.11 Å². The molecule has 4 heteroatoms. The van der Waals surface area contributed by atoms with Crippen molar-refractivity contribution >= 4 is 28.9 Å². The second kappa shape index (κ2) is 6.59. The van der Waals surface area contributed by atoms with Gasteiger partial charge in [-0.15, -0.1) is 0 Å². The summed E-state index contributed by atoms with van der Waals surface area (Å²) < 4.78 is 0. The topological polar surface area (TPSA) is 32.3 Å². The lowest BCUT2D eigenvalue weighted by molar-refractivity contribution is 0.476. The lowest BCUT2D eigenvalue weighted by Crippen LogP contribution is -2.06. The number of benzene rings is 2. The number of hydrogen-bond acceptors (Lipinski definition) is 2. The monoisotopic (exact) mass is 323 g/mol. The second-order valence-corrected chi connectivity index (χ2v) is 6.29. The van der Waals surface area contributed by atoms with Gasteiger partial charge in [0.2, 0.25) is 0 Å². The Morgan fingerprint density at radius 1 is 0.905 bits per heavy atom. The third-order valence-electron chi connectivity index (χ3n) is 3.50. The standard InChI is InChI=1S/C17H19Cl2NO/c1-10(2)12-4-6-13(7-5-12)11(3)20-14-8-15(18)17(21)16(19)9-14/h4-11,20-21H,1-3H3. The Morgan fingerprint density at radius 2 is 1.38 bits per heavy atom. The predicted octanol–water partition coefficient (Wildman–Crippen LogP) is 6.00. The summed E-state index contributed by atoms with van der Waals surface area (Å²) in [5.74, 6) is 0.440. The molecule has 0 saturated carbocycles. The van der Waals surface area contributed by atoms with Crippen LogP contribution in [0.5, 0.6) is 5.75 Å². The molecule has 0 heterocycles. The van der Waals surface area contributed by atoms with Crippen molar-refractivity contribution in [2.75, 3.05) is 5.32 Å². The first-order chi connectivity index (χ1) is 9.88. The Balaban J connectivity index is 2.16. The molecule has 0 fully saturated rings. The van der Waals surface area contributed by atoms with Gasteiger partial charge in [0.15, 0.2) is 5.75 Å². The fourth-order valence-electron chi connectivity index (χ4n) is 2.15. The van der Waals surface area contributed by atoms with Crippen LogP contribution in [0.3, 0.4) is 0 Å². The van der Waals surface area contributed by atoms with Gasteiger partial charge in [0, 0.05) is 11.7 Å². The fraction of sp³-hybridized carbons (Fsp3) is 0.294. The van der Waals surface area contributed by atoms with Crippen molar-refractivity contribution in [3.05, 3.63) is 57.6 Å². The molecular weight excluding hydrogens is 305 g/mol. The molecule has 0 spiro atoms. The summed E-state index contributed by atoms with van der Waals surface area (Å²) in [6, 6.07) is 12.0. The third kappa shape index (κ3) is 3.84. The van der Waals surface area contributed by atoms with Crippen LogP contribution in [0.4, 0.5) is 5.69 Å². The van der Waals surface area contributed by atoms with E-state index in [2.05, 4.69) is 50.4 Å². The number of anilines is 1. The summed E-state index contributed by atoms with van der Waals surface area (Å²) in [6.07, 6.45) is 0. The van der Waals surface area contributed by atoms with Gasteiger partial charge >= 0.3 is 0 Å². The summed E-state index contributed by atoms with van der Waals surface area (Å²) in [5, 5.41) is 13.4. The van der Waals surface area contributed by atoms with Crippen LogP contribution in [0.2, 0.25) is 10.0 Å². The number of rotatable bonds is 4. The maximum atomic E-state index is 9.57. The van der Waals surface area contributed by atoms with Crippen LogP contribution in [0.1, 0.15) is 43.9 Å². The third-order valence-corrected chi connectivity index (χ3v) is 4.08. The molecule has 2 nitrogen and oxygen atoms in total. The van der Waals surface area contributed by atoms with Crippen LogP contribution in [0.15, 0.2) is 36.4 Å². The largest absolute Gasteiger partial charge is 0.505 e. The van der Waals surface area contributed by atoms with Crippen LogP contribution >= 0.6 is 23.2 Å². The molecule has 2 aromatic carbocycles. The first-order valence-corrected chi connectivity index (χ1v) is 7.68. The van der Waals surface area contributed by atoms with Crippen LogP contribution in [0, 0.1) is 0 Å². The lowest BCUT2D eigenvalue weighted by atomic mass is 9.99. The van der Waals surface area contributed by atoms with Crippen molar-refractivity contribution in [3.63, 3.8) is 0 Å². The quantitative estimate of drug-likeness (QED) is 0.676. The highest BCUT2D eigenvalue weighted by molar-refractivity contribution is 6.37. The molecular formula is C17H19Cl2NO. The molecule has 0 radical (unpaired) electrons. The summed E-state index contributed by atoms with van der Waals surface area (Å²) in [4.78, 5) is 0. The van der Waals surface area contributed by atoms with E-state index < -0.39 is 0 Å². The van der Waals surface area contributed by atoms with Crippen LogP contribution in [0.25, 0.3) is 0 Å². The fourth-order valence-corrected chi connectivity index (χ4v) is 2.64. The SMILES string of the molecule is CC(C)c1ccc(C(C)Nc2cc(Cl)c(O)c(Cl)c2)cc1. The van der Waals surface area contributed by atoms with Gasteiger partial charge in [-0.1, -0.05) is 61.3 Å². The molecule has 112 valence electrons. The Labute approximate surface area is 135 Å². The van der Waals surface area contributed by atoms with E-state index in [0.29, 0.717) is 5.92 Å². The van der Waals surface area contributed by atoms with Crippen molar-refractivity contribution in [1.29, 1.82) is 0 Å². The molecule has 0 amide bonds. The molecule has 1 unspecified atom stereocenters. The number of aromatic hydroxyl groups is 1. The smallest absolute Gasteiger partial charge is 0.152 e. The number of phenols is 1. The molecule has 0 bridgehead atoms. The zero-order chi connectivity index (χ0) is 15.6. The minimum absolute atomic E-state index is 0.0853. The molecule has 1 atom stereocenters. The van der Waals surface area contributed by atoms with Crippen LogP contribution < -0.4 is 5.32 Å². The molecule has 0 aromatic heterocycles. The maximum Gasteiger partial charge on any atom is 0.152 e. The maximum absolute atomic E-state index is 9.57. The van der Waals surface area contributed by atoms with Gasteiger partial charge in [0.05, 0.1) is 10.0 Å². The van der Waals surface area contributed by atoms with Gasteiger partial charge in [-0.2, -0.15) is 0 Å². The highest BCUT2D eigenvalue weighted by Gasteiger charge is 2.10. The molecule has 0 saturated heterocycles. The number of hydrogen-bond donors (Lipinski definition) is 2. The summed E-state index contributed by atoms with van der Waals surface area (Å²) in [6.45, 7) is 6.42. The lowest BCUT2D eigenvalue weighted by Gasteiger charge is -2.17. The van der Waals surface area contributed by atoms with Gasteiger partial charge in [-0.3, -0.25) is 0 Å². The normalized spacial score (nSPS) is 12.5. The Morgan fingerprint density at radius 3 is 1.86 bits per heavy atom. The Hall–Kier alpha value is -1.38. The minimum Gasteiger partial charge on any atom is -0.505 e. The van der Waals surface area contributed by atoms with E-state index in [9.17, 15) is 5.11 Å². The molecule has 0 aliphatic carbocycles. The zero-order valence-corrected chi connectivity index (χ0v) is 13.8. The van der Waals surface area contributed by atoms with Gasteiger partial charge in [0.1, 0.15) is 0 Å². The molecule has 2 N–H and O–H groups in total. The van der Waals surface area contributed by atoms with Crippen molar-refractivity contribution in [2.45, 2.75) is 32.7 Å². The Bertz CT molecular complexity index is 600. The molecule has 2 rings (SSSR count). The van der Waals surface area contributed by atoms with E-state index in [0.717, 1.165) is 5.69 Å². The van der Waals surface area contributed by atoms with Gasteiger partial charge in [-0.25, -0.2) is 0 Å². The summed E-state index contributed by atoms with van der Waals surface area (Å²) in [5.41, 5.74) is 3.28. The van der Waals surface area contributed by atoms with E-state index in [1.807, 2.05) is 0 Å². The van der Waals surface area contributed by atoms with Gasteiger partial charge in [0.25, 0.3) is 0 Å². The van der Waals surface area contributed by atoms with Crippen LogP contribution in [-0.4, -0.2) is 5.11 Å². The van der Waals surface area contributed by atoms with Gasteiger partial charge in [-0.05, 0) is 36.1 Å². The van der Waals surface area contributed by atoms with Crippen LogP contribution in [-0.2, 0) is 0 Å². The minimum atomic E-state index is -0.0853. The highest BCUT2D eigenvalue weighted by Crippen LogP contribution is 2.35. The van der Waals surface area contributed by atoms with E-state index in [1.165, 1.54) is 11.1 Å². The van der Waals surface area contributed by atoms with E-state index in [1.54, 1.807) is 12.1 Å². The van der Waals surface area contributed by atoms with E-state index in [-0.39, 0.29) is 21.8 Å². The summed E-state index contributed by atoms with van der Waals surface area (Å²) in [7, 11) is 0. The average Bonchev–Trinajstić information content (AvgIpc) is 2.44. The van der Waals surface area contributed by atoms with Crippen molar-refractivity contribution in [1.82, 2.24) is 0 Å². The molecule has 0 aliphatic rings. The number of halogens is 2. The van der Waals surface area contributed by atoms with Crippen molar-refractivity contribution in [3.8, 4) is 5.75 Å². The predicted molar refractivity (Wildman–Crippen MR) is 90.7 cm³/mol. The second-order valence-electron chi connectivity index (χ2n) is 5.48. The first-order valence-electron chi connectivity index (χ1n) is 6.93. The number of nitrogens with one attached hydrogen (secondary N) is 1.